The van der Waals surface area contributed by atoms with Crippen molar-refractivity contribution in [1.29, 1.82) is 0 Å². The Kier molecular flexibility index (Phi) is 9.28. The van der Waals surface area contributed by atoms with Gasteiger partial charge in [-0.2, -0.15) is 13.8 Å². The molecule has 1 saturated carbocycles. The highest BCUT2D eigenvalue weighted by Gasteiger charge is 2.19. The molecule has 3 heterocycles. The molecule has 0 spiro atoms. The molecule has 2 aromatic heterocycles. The fraction of sp³-hybridized carbons (Fsp3) is 0.609. The van der Waals surface area contributed by atoms with Crippen molar-refractivity contribution in [2.45, 2.75) is 44.9 Å². The number of thiophene rings is 1. The summed E-state index contributed by atoms with van der Waals surface area (Å²) >= 11 is 1.69. The van der Waals surface area contributed by atoms with Crippen LogP contribution in [0.15, 0.2) is 23.3 Å². The predicted octanol–water partition coefficient (Wildman–Crippen LogP) is 3.94. The Bertz CT molecular complexity index is 931. The van der Waals surface area contributed by atoms with Crippen LogP contribution < -0.4 is 5.32 Å². The van der Waals surface area contributed by atoms with Gasteiger partial charge in [0, 0.05) is 48.3 Å². The molecule has 1 aliphatic heterocycles. The number of morpholine rings is 1. The first kappa shape index (κ1) is 25.1. The van der Waals surface area contributed by atoms with E-state index in [0.29, 0.717) is 17.7 Å². The zero-order valence-corrected chi connectivity index (χ0v) is 19.9. The number of nitrogens with zero attached hydrogens (tertiary/aromatic N) is 4. The van der Waals surface area contributed by atoms with Gasteiger partial charge in [0.05, 0.1) is 31.5 Å². The minimum Gasteiger partial charge on any atom is -0.393 e. The van der Waals surface area contributed by atoms with Crippen LogP contribution in [0.3, 0.4) is 0 Å². The quantitative estimate of drug-likeness (QED) is 0.381. The lowest BCUT2D eigenvalue weighted by Crippen LogP contribution is -2.35. The summed E-state index contributed by atoms with van der Waals surface area (Å²) in [6.07, 6.45) is 6.77. The average Bonchev–Trinajstić information content (AvgIpc) is 3.30. The molecule has 4 rings (SSSR count). The molecule has 0 amide bonds. The molecule has 1 saturated heterocycles. The summed E-state index contributed by atoms with van der Waals surface area (Å²) in [7, 11) is 0. The van der Waals surface area contributed by atoms with Crippen LogP contribution in [-0.4, -0.2) is 78.4 Å². The van der Waals surface area contributed by atoms with Crippen molar-refractivity contribution >= 4 is 29.3 Å². The molecule has 34 heavy (non-hydrogen) atoms. The minimum absolute atomic E-state index is 0.151. The second kappa shape index (κ2) is 12.6. The third kappa shape index (κ3) is 7.47. The summed E-state index contributed by atoms with van der Waals surface area (Å²) in [6, 6.07) is 4.19. The van der Waals surface area contributed by atoms with Crippen LogP contribution in [-0.2, 0) is 16.0 Å². The zero-order chi connectivity index (χ0) is 23.8. The number of aliphatic hydroxyl groups is 1. The van der Waals surface area contributed by atoms with Gasteiger partial charge in [-0.1, -0.05) is 0 Å². The lowest BCUT2D eigenvalue weighted by molar-refractivity contribution is -0.125. The SMILES string of the molecule is OC1CCC(C=Nc2nc(NCCOC(F)F)ncc2-c2ccc(CN3CCOCC3)s2)CC1. The fourth-order valence-corrected chi connectivity index (χ4v) is 5.11. The monoisotopic (exact) mass is 495 g/mol. The van der Waals surface area contributed by atoms with Crippen LogP contribution in [0.5, 0.6) is 0 Å². The van der Waals surface area contributed by atoms with E-state index in [1.807, 2.05) is 6.21 Å². The molecule has 0 aromatic carbocycles. The molecule has 2 N–H and O–H groups in total. The van der Waals surface area contributed by atoms with Gasteiger partial charge in [-0.15, -0.1) is 11.3 Å². The van der Waals surface area contributed by atoms with Crippen molar-refractivity contribution < 1.29 is 23.4 Å². The van der Waals surface area contributed by atoms with E-state index in [4.69, 9.17) is 9.73 Å². The van der Waals surface area contributed by atoms with Crippen molar-refractivity contribution in [2.75, 3.05) is 44.8 Å². The summed E-state index contributed by atoms with van der Waals surface area (Å²) in [5.74, 6) is 1.15. The van der Waals surface area contributed by atoms with Crippen molar-refractivity contribution in [2.24, 2.45) is 10.9 Å². The molecule has 2 fully saturated rings. The molecule has 0 atom stereocenters. The fourth-order valence-electron chi connectivity index (χ4n) is 4.06. The van der Waals surface area contributed by atoms with E-state index in [1.54, 1.807) is 17.5 Å². The number of hydrogen-bond donors (Lipinski definition) is 2. The second-order valence-corrected chi connectivity index (χ2v) is 9.66. The Labute approximate surface area is 202 Å². The number of ether oxygens (including phenoxy) is 2. The molecule has 11 heteroatoms. The zero-order valence-electron chi connectivity index (χ0n) is 19.0. The maximum absolute atomic E-state index is 12.2. The van der Waals surface area contributed by atoms with Crippen molar-refractivity contribution in [1.82, 2.24) is 14.9 Å². The highest BCUT2D eigenvalue weighted by atomic mass is 32.1. The van der Waals surface area contributed by atoms with Crippen LogP contribution in [0, 0.1) is 5.92 Å². The van der Waals surface area contributed by atoms with Crippen molar-refractivity contribution in [3.05, 3.63) is 23.2 Å². The maximum Gasteiger partial charge on any atom is 0.345 e. The number of anilines is 1. The van der Waals surface area contributed by atoms with Gasteiger partial charge in [0.2, 0.25) is 5.95 Å². The molecular weight excluding hydrogens is 464 g/mol. The highest BCUT2D eigenvalue weighted by molar-refractivity contribution is 7.15. The average molecular weight is 496 g/mol. The van der Waals surface area contributed by atoms with Gasteiger partial charge in [-0.05, 0) is 43.7 Å². The lowest BCUT2D eigenvalue weighted by atomic mass is 9.88. The number of hydrogen-bond acceptors (Lipinski definition) is 9. The molecule has 0 bridgehead atoms. The number of aliphatic imine (C=N–C) groups is 1. The standard InChI is InChI=1S/C23H31F2N5O3S/c24-22(25)33-10-7-26-23-28-14-19(21(29-23)27-13-16-1-3-17(31)4-2-16)20-6-5-18(34-20)15-30-8-11-32-12-9-30/h5-6,13-14,16-17,22,31H,1-4,7-12,15H2,(H,26,28,29). The van der Waals surface area contributed by atoms with Gasteiger partial charge in [-0.25, -0.2) is 9.98 Å². The Morgan fingerprint density at radius 1 is 1.26 bits per heavy atom. The van der Waals surface area contributed by atoms with Crippen LogP contribution >= 0.6 is 11.3 Å². The van der Waals surface area contributed by atoms with Crippen LogP contribution in [0.4, 0.5) is 20.5 Å². The van der Waals surface area contributed by atoms with Crippen molar-refractivity contribution in [3.63, 3.8) is 0 Å². The number of aliphatic hydroxyl groups excluding tert-OH is 1. The molecule has 0 radical (unpaired) electrons. The van der Waals surface area contributed by atoms with Gasteiger partial charge >= 0.3 is 6.61 Å². The molecule has 8 nitrogen and oxygen atoms in total. The number of alkyl halides is 2. The van der Waals surface area contributed by atoms with Gasteiger partial charge in [0.1, 0.15) is 0 Å². The second-order valence-electron chi connectivity index (χ2n) is 8.49. The number of aromatic nitrogens is 2. The van der Waals surface area contributed by atoms with Crippen LogP contribution in [0.2, 0.25) is 0 Å². The molecule has 2 aliphatic rings. The Hall–Kier alpha value is -2.05. The van der Waals surface area contributed by atoms with Crippen LogP contribution in [0.1, 0.15) is 30.6 Å². The van der Waals surface area contributed by atoms with E-state index in [-0.39, 0.29) is 19.3 Å². The maximum atomic E-state index is 12.2. The summed E-state index contributed by atoms with van der Waals surface area (Å²) in [6.45, 7) is 1.47. The van der Waals surface area contributed by atoms with Crippen molar-refractivity contribution in [3.8, 4) is 10.4 Å². The molecule has 1 aliphatic carbocycles. The van der Waals surface area contributed by atoms with E-state index in [9.17, 15) is 13.9 Å². The highest BCUT2D eigenvalue weighted by Crippen LogP contribution is 2.35. The Morgan fingerprint density at radius 2 is 2.06 bits per heavy atom. The third-order valence-corrected chi connectivity index (χ3v) is 7.06. The van der Waals surface area contributed by atoms with Gasteiger partial charge < -0.3 is 19.9 Å². The Balaban J connectivity index is 1.49. The lowest BCUT2D eigenvalue weighted by Gasteiger charge is -2.25. The van der Waals surface area contributed by atoms with Crippen LogP contribution in [0.25, 0.3) is 10.4 Å². The summed E-state index contributed by atoms with van der Waals surface area (Å²) in [5.41, 5.74) is 0.833. The number of rotatable bonds is 10. The van der Waals surface area contributed by atoms with Gasteiger partial charge in [-0.3, -0.25) is 4.90 Å². The molecular formula is C23H31F2N5O3S. The number of nitrogens with one attached hydrogen (secondary N) is 1. The normalized spacial score (nSPS) is 22.0. The molecule has 0 unspecified atom stereocenters. The first-order valence-corrected chi connectivity index (χ1v) is 12.5. The minimum atomic E-state index is -2.80. The van der Waals surface area contributed by atoms with Gasteiger partial charge in [0.15, 0.2) is 5.82 Å². The van der Waals surface area contributed by atoms with E-state index in [0.717, 1.165) is 69.0 Å². The van der Waals surface area contributed by atoms with E-state index in [2.05, 4.69) is 37.1 Å². The molecule has 186 valence electrons. The number of halogens is 2. The summed E-state index contributed by atoms with van der Waals surface area (Å²) < 4.78 is 34.1. The van der Waals surface area contributed by atoms with E-state index < -0.39 is 6.61 Å². The largest absolute Gasteiger partial charge is 0.393 e. The molecule has 2 aromatic rings. The summed E-state index contributed by atoms with van der Waals surface area (Å²) in [4.78, 5) is 18.3. The van der Waals surface area contributed by atoms with Gasteiger partial charge in [0.25, 0.3) is 0 Å². The first-order chi connectivity index (χ1) is 16.6. The third-order valence-electron chi connectivity index (χ3n) is 5.96. The van der Waals surface area contributed by atoms with E-state index in [1.165, 1.54) is 4.88 Å². The Morgan fingerprint density at radius 3 is 2.82 bits per heavy atom. The summed E-state index contributed by atoms with van der Waals surface area (Å²) in [5, 5.41) is 12.7. The van der Waals surface area contributed by atoms with E-state index >= 15 is 0 Å². The predicted molar refractivity (Wildman–Crippen MR) is 128 cm³/mol. The topological polar surface area (TPSA) is 92.1 Å². The first-order valence-electron chi connectivity index (χ1n) is 11.7. The smallest absolute Gasteiger partial charge is 0.345 e.